The number of aryl methyl sites for hydroxylation is 1. The van der Waals surface area contributed by atoms with E-state index in [4.69, 9.17) is 0 Å². The highest BCUT2D eigenvalue weighted by Crippen LogP contribution is 2.31. The normalized spacial score (nSPS) is 11.2. The minimum absolute atomic E-state index is 0.292. The first-order valence-corrected chi connectivity index (χ1v) is 10.5. The molecule has 156 valence electrons. The number of amides is 1. The summed E-state index contributed by atoms with van der Waals surface area (Å²) in [6.07, 6.45) is 1.53. The molecule has 0 aliphatic heterocycles. The summed E-state index contributed by atoms with van der Waals surface area (Å²) in [4.78, 5) is 19.9. The van der Waals surface area contributed by atoms with E-state index in [9.17, 15) is 9.18 Å². The van der Waals surface area contributed by atoms with Gasteiger partial charge in [-0.1, -0.05) is 29.5 Å². The minimum Gasteiger partial charge on any atom is -0.378 e. The number of hydrogen-bond acceptors (Lipinski definition) is 5. The van der Waals surface area contributed by atoms with Crippen LogP contribution in [0.25, 0.3) is 10.2 Å². The van der Waals surface area contributed by atoms with Gasteiger partial charge < -0.3 is 4.90 Å². The molecular formula is C24H21FN4OS. The van der Waals surface area contributed by atoms with Crippen LogP contribution in [0.4, 0.5) is 15.2 Å². The maximum atomic E-state index is 13.4. The minimum atomic E-state index is -0.326. The molecule has 31 heavy (non-hydrogen) atoms. The summed E-state index contributed by atoms with van der Waals surface area (Å²) in [6, 6.07) is 19.2. The molecule has 1 heterocycles. The third-order valence-corrected chi connectivity index (χ3v) is 5.72. The van der Waals surface area contributed by atoms with Gasteiger partial charge in [-0.15, -0.1) is 0 Å². The number of thiazole rings is 1. The van der Waals surface area contributed by atoms with Gasteiger partial charge in [0.25, 0.3) is 5.91 Å². The Morgan fingerprint density at radius 3 is 2.42 bits per heavy atom. The topological polar surface area (TPSA) is 48.8 Å². The Kier molecular flexibility index (Phi) is 5.77. The summed E-state index contributed by atoms with van der Waals surface area (Å²) >= 11 is 1.40. The van der Waals surface area contributed by atoms with Crippen LogP contribution in [0.3, 0.4) is 0 Å². The van der Waals surface area contributed by atoms with Crippen LogP contribution >= 0.6 is 11.3 Å². The van der Waals surface area contributed by atoms with Gasteiger partial charge in [0, 0.05) is 25.3 Å². The van der Waals surface area contributed by atoms with Gasteiger partial charge in [-0.05, 0) is 66.6 Å². The number of anilines is 2. The van der Waals surface area contributed by atoms with Crippen molar-refractivity contribution in [2.75, 3.05) is 24.0 Å². The number of nitrogens with zero attached hydrogens (tertiary/aromatic N) is 4. The van der Waals surface area contributed by atoms with E-state index in [2.05, 4.69) is 10.1 Å². The predicted octanol–water partition coefficient (Wildman–Crippen LogP) is 5.49. The lowest BCUT2D eigenvalue weighted by molar-refractivity contribution is 0.0988. The molecule has 0 atom stereocenters. The summed E-state index contributed by atoms with van der Waals surface area (Å²) in [5.41, 5.74) is 4.10. The smallest absolute Gasteiger partial charge is 0.280 e. The molecule has 0 saturated carbocycles. The number of benzene rings is 3. The van der Waals surface area contributed by atoms with Gasteiger partial charge in [-0.25, -0.2) is 9.37 Å². The molecule has 1 aromatic heterocycles. The average Bonchev–Trinajstić information content (AvgIpc) is 3.17. The molecule has 3 aromatic carbocycles. The Bertz CT molecular complexity index is 1250. The van der Waals surface area contributed by atoms with Crippen molar-refractivity contribution in [2.24, 2.45) is 5.10 Å². The van der Waals surface area contributed by atoms with Crippen molar-refractivity contribution >= 4 is 44.5 Å². The molecule has 0 aliphatic carbocycles. The second kappa shape index (κ2) is 8.65. The summed E-state index contributed by atoms with van der Waals surface area (Å²) < 4.78 is 14.2. The number of rotatable bonds is 5. The highest BCUT2D eigenvalue weighted by atomic mass is 32.1. The number of hydrazone groups is 1. The molecule has 4 rings (SSSR count). The molecule has 0 N–H and O–H groups in total. The van der Waals surface area contributed by atoms with E-state index in [1.165, 1.54) is 34.7 Å². The number of carbonyl (C=O) groups is 1. The summed E-state index contributed by atoms with van der Waals surface area (Å²) in [7, 11) is 3.89. The first-order chi connectivity index (χ1) is 14.9. The van der Waals surface area contributed by atoms with Crippen molar-refractivity contribution in [3.05, 3.63) is 89.2 Å². The largest absolute Gasteiger partial charge is 0.378 e. The Morgan fingerprint density at radius 1 is 1.03 bits per heavy atom. The maximum Gasteiger partial charge on any atom is 0.280 e. The van der Waals surface area contributed by atoms with Crippen molar-refractivity contribution < 1.29 is 9.18 Å². The highest BCUT2D eigenvalue weighted by molar-refractivity contribution is 7.22. The van der Waals surface area contributed by atoms with Crippen LogP contribution in [-0.4, -0.2) is 31.2 Å². The lowest BCUT2D eigenvalue weighted by Crippen LogP contribution is -2.25. The van der Waals surface area contributed by atoms with E-state index in [0.717, 1.165) is 21.5 Å². The molecular weight excluding hydrogens is 411 g/mol. The average molecular weight is 433 g/mol. The molecule has 0 aliphatic rings. The van der Waals surface area contributed by atoms with Crippen LogP contribution in [0.15, 0.2) is 71.8 Å². The van der Waals surface area contributed by atoms with Crippen molar-refractivity contribution in [1.82, 2.24) is 4.98 Å². The predicted molar refractivity (Wildman–Crippen MR) is 126 cm³/mol. The van der Waals surface area contributed by atoms with Crippen LogP contribution < -0.4 is 9.91 Å². The van der Waals surface area contributed by atoms with Crippen LogP contribution in [0, 0.1) is 12.7 Å². The quantitative estimate of drug-likeness (QED) is 0.309. The highest BCUT2D eigenvalue weighted by Gasteiger charge is 2.21. The Hall–Kier alpha value is -3.58. The van der Waals surface area contributed by atoms with Crippen molar-refractivity contribution in [1.29, 1.82) is 0 Å². The Balaban J connectivity index is 1.73. The number of hydrogen-bond donors (Lipinski definition) is 0. The lowest BCUT2D eigenvalue weighted by Gasteiger charge is -2.16. The summed E-state index contributed by atoms with van der Waals surface area (Å²) in [6.45, 7) is 2.01. The molecule has 7 heteroatoms. The second-order valence-corrected chi connectivity index (χ2v) is 8.33. The molecule has 5 nitrogen and oxygen atoms in total. The molecule has 0 unspecified atom stereocenters. The SMILES string of the molecule is Cc1ccc2nc(N(/N=C/c3ccc(F)cc3)C(=O)c3ccc(N(C)C)cc3)sc2c1. The fraction of sp³-hybridized carbons (Fsp3) is 0.125. The van der Waals surface area contributed by atoms with Crippen molar-refractivity contribution in [2.45, 2.75) is 6.92 Å². The van der Waals surface area contributed by atoms with Crippen LogP contribution in [0.1, 0.15) is 21.5 Å². The zero-order valence-corrected chi connectivity index (χ0v) is 18.2. The number of aromatic nitrogens is 1. The van der Waals surface area contributed by atoms with E-state index in [-0.39, 0.29) is 11.7 Å². The fourth-order valence-corrected chi connectivity index (χ4v) is 4.02. The number of halogens is 1. The summed E-state index contributed by atoms with van der Waals surface area (Å²) in [5, 5.41) is 6.19. The van der Waals surface area contributed by atoms with Crippen molar-refractivity contribution in [3.63, 3.8) is 0 Å². The van der Waals surface area contributed by atoms with Crippen LogP contribution in [0.5, 0.6) is 0 Å². The van der Waals surface area contributed by atoms with E-state index >= 15 is 0 Å². The zero-order chi connectivity index (χ0) is 22.0. The van der Waals surface area contributed by atoms with Gasteiger partial charge in [-0.3, -0.25) is 4.79 Å². The molecule has 0 fully saturated rings. The maximum absolute atomic E-state index is 13.4. The van der Waals surface area contributed by atoms with Crippen molar-refractivity contribution in [3.8, 4) is 0 Å². The zero-order valence-electron chi connectivity index (χ0n) is 17.4. The number of fused-ring (bicyclic) bond motifs is 1. The van der Waals surface area contributed by atoms with E-state index in [1.807, 2.05) is 56.3 Å². The summed E-state index contributed by atoms with van der Waals surface area (Å²) in [5.74, 6) is -0.618. The standard InChI is InChI=1S/C24H21FN4OS/c1-16-4-13-21-22(14-16)31-24(27-21)29(26-15-17-5-9-19(25)10-6-17)23(30)18-7-11-20(12-8-18)28(2)3/h4-15H,1-3H3/b26-15+. The lowest BCUT2D eigenvalue weighted by atomic mass is 10.2. The van der Waals surface area contributed by atoms with Gasteiger partial charge in [-0.2, -0.15) is 10.1 Å². The first kappa shape index (κ1) is 20.7. The fourth-order valence-electron chi connectivity index (χ4n) is 3.00. The molecule has 1 amide bonds. The molecule has 0 radical (unpaired) electrons. The van der Waals surface area contributed by atoms with E-state index < -0.39 is 0 Å². The van der Waals surface area contributed by atoms with Crippen LogP contribution in [0.2, 0.25) is 0 Å². The van der Waals surface area contributed by atoms with Gasteiger partial charge in [0.15, 0.2) is 0 Å². The first-order valence-electron chi connectivity index (χ1n) is 9.69. The van der Waals surface area contributed by atoms with Crippen LogP contribution in [-0.2, 0) is 0 Å². The molecule has 0 bridgehead atoms. The van der Waals surface area contributed by atoms with Gasteiger partial charge in [0.2, 0.25) is 5.13 Å². The van der Waals surface area contributed by atoms with E-state index in [0.29, 0.717) is 16.3 Å². The van der Waals surface area contributed by atoms with Gasteiger partial charge in [0.1, 0.15) is 5.82 Å². The molecule has 0 spiro atoms. The Labute approximate surface area is 184 Å². The molecule has 4 aromatic rings. The Morgan fingerprint density at radius 2 is 1.74 bits per heavy atom. The second-order valence-electron chi connectivity index (χ2n) is 7.32. The van der Waals surface area contributed by atoms with Gasteiger partial charge in [0.05, 0.1) is 16.4 Å². The number of carbonyl (C=O) groups excluding carboxylic acids is 1. The molecule has 0 saturated heterocycles. The third-order valence-electron chi connectivity index (χ3n) is 4.73. The third kappa shape index (κ3) is 4.62. The van der Waals surface area contributed by atoms with E-state index in [1.54, 1.807) is 24.3 Å². The van der Waals surface area contributed by atoms with Gasteiger partial charge >= 0.3 is 0 Å². The monoisotopic (exact) mass is 432 g/mol.